The topological polar surface area (TPSA) is 74.7 Å². The number of carbonyl (C=O) groups is 1. The third-order valence-electron chi connectivity index (χ3n) is 5.06. The van der Waals surface area contributed by atoms with Gasteiger partial charge in [-0.25, -0.2) is 8.42 Å². The van der Waals surface area contributed by atoms with E-state index in [1.807, 2.05) is 4.90 Å². The quantitative estimate of drug-likeness (QED) is 0.857. The zero-order chi connectivity index (χ0) is 15.8. The van der Waals surface area contributed by atoms with Gasteiger partial charge in [0.15, 0.2) is 9.84 Å². The highest BCUT2D eigenvalue weighted by Crippen LogP contribution is 2.39. The highest BCUT2D eigenvalue weighted by molar-refractivity contribution is 7.92. The van der Waals surface area contributed by atoms with Crippen molar-refractivity contribution < 1.29 is 18.3 Å². The van der Waals surface area contributed by atoms with Crippen LogP contribution in [-0.2, 0) is 14.6 Å². The van der Waals surface area contributed by atoms with E-state index in [0.29, 0.717) is 18.9 Å². The normalized spacial score (nSPS) is 31.1. The van der Waals surface area contributed by atoms with Gasteiger partial charge in [0.2, 0.25) is 0 Å². The summed E-state index contributed by atoms with van der Waals surface area (Å²) < 4.78 is 23.8. The summed E-state index contributed by atoms with van der Waals surface area (Å²) in [6, 6.07) is -0.247. The van der Waals surface area contributed by atoms with E-state index in [9.17, 15) is 18.3 Å². The lowest BCUT2D eigenvalue weighted by Gasteiger charge is -2.33. The number of sulfone groups is 1. The van der Waals surface area contributed by atoms with Gasteiger partial charge in [-0.05, 0) is 46.0 Å². The van der Waals surface area contributed by atoms with Crippen molar-refractivity contribution >= 4 is 15.8 Å². The molecule has 0 bridgehead atoms. The number of aliphatic carboxylic acids is 1. The number of rotatable bonds is 4. The molecule has 1 aliphatic heterocycles. The number of carboxylic acids is 1. The molecule has 3 atom stereocenters. The van der Waals surface area contributed by atoms with Gasteiger partial charge >= 0.3 is 5.97 Å². The summed E-state index contributed by atoms with van der Waals surface area (Å²) in [5.74, 6) is -0.335. The lowest BCUT2D eigenvalue weighted by molar-refractivity contribution is -0.142. The Kier molecular flexibility index (Phi) is 4.69. The Morgan fingerprint density at radius 3 is 2.43 bits per heavy atom. The molecule has 2 rings (SSSR count). The van der Waals surface area contributed by atoms with E-state index in [2.05, 4.69) is 0 Å². The molecule has 6 heteroatoms. The molecule has 0 amide bonds. The van der Waals surface area contributed by atoms with Crippen LogP contribution in [0, 0.1) is 5.92 Å². The Morgan fingerprint density at radius 1 is 1.24 bits per heavy atom. The lowest BCUT2D eigenvalue weighted by atomic mass is 9.85. The van der Waals surface area contributed by atoms with Crippen LogP contribution in [0.25, 0.3) is 0 Å². The van der Waals surface area contributed by atoms with Crippen molar-refractivity contribution in [2.45, 2.75) is 69.7 Å². The van der Waals surface area contributed by atoms with Gasteiger partial charge in [-0.15, -0.1) is 0 Å². The minimum atomic E-state index is -3.21. The molecule has 0 spiro atoms. The molecule has 1 saturated carbocycles. The maximum absolute atomic E-state index is 12.3. The van der Waals surface area contributed by atoms with Gasteiger partial charge in [-0.2, -0.15) is 0 Å². The molecule has 1 saturated heterocycles. The van der Waals surface area contributed by atoms with Gasteiger partial charge < -0.3 is 5.11 Å². The van der Waals surface area contributed by atoms with E-state index in [-0.39, 0.29) is 11.8 Å². The molecule has 0 aromatic rings. The van der Waals surface area contributed by atoms with Crippen LogP contribution in [0.2, 0.25) is 0 Å². The smallest absolute Gasteiger partial charge is 0.320 e. The van der Waals surface area contributed by atoms with Crippen molar-refractivity contribution in [1.29, 1.82) is 0 Å². The van der Waals surface area contributed by atoms with Crippen LogP contribution in [0.5, 0.6) is 0 Å². The van der Waals surface area contributed by atoms with E-state index in [4.69, 9.17) is 0 Å². The summed E-state index contributed by atoms with van der Waals surface area (Å²) in [5, 5.41) is 9.43. The highest BCUT2D eigenvalue weighted by atomic mass is 32.2. The average Bonchev–Trinajstić information content (AvgIpc) is 2.74. The summed E-state index contributed by atoms with van der Waals surface area (Å²) in [6.45, 7) is 5.44. The molecule has 122 valence electrons. The monoisotopic (exact) mass is 317 g/mol. The minimum Gasteiger partial charge on any atom is -0.480 e. The number of likely N-dealkylation sites (tertiary alicyclic amines) is 1. The Labute approximate surface area is 127 Å². The number of nitrogens with zero attached hydrogens (tertiary/aromatic N) is 1. The minimum absolute atomic E-state index is 0.0451. The summed E-state index contributed by atoms with van der Waals surface area (Å²) >= 11 is 0. The number of fused-ring (bicyclic) bond motifs is 1. The third kappa shape index (κ3) is 3.42. The lowest BCUT2D eigenvalue weighted by Crippen LogP contribution is -2.46. The van der Waals surface area contributed by atoms with E-state index in [1.165, 1.54) is 6.42 Å². The second-order valence-corrected chi connectivity index (χ2v) is 10.2. The maximum Gasteiger partial charge on any atom is 0.320 e. The van der Waals surface area contributed by atoms with Crippen LogP contribution < -0.4 is 0 Å². The van der Waals surface area contributed by atoms with Crippen molar-refractivity contribution in [3.05, 3.63) is 0 Å². The van der Waals surface area contributed by atoms with Crippen LogP contribution in [0.1, 0.15) is 52.9 Å². The number of hydrogen-bond donors (Lipinski definition) is 1. The first-order chi connectivity index (χ1) is 9.63. The molecule has 0 aromatic carbocycles. The van der Waals surface area contributed by atoms with Crippen molar-refractivity contribution in [3.8, 4) is 0 Å². The van der Waals surface area contributed by atoms with Crippen LogP contribution in [0.3, 0.4) is 0 Å². The molecule has 5 nitrogen and oxygen atoms in total. The molecule has 3 unspecified atom stereocenters. The molecule has 21 heavy (non-hydrogen) atoms. The SMILES string of the molecule is CC(C)(C)S(=O)(=O)CCN1C(C(=O)O)CC2CCCCC21. The molecule has 2 fully saturated rings. The van der Waals surface area contributed by atoms with Crippen molar-refractivity contribution in [3.63, 3.8) is 0 Å². The first-order valence-corrected chi connectivity index (χ1v) is 9.49. The fraction of sp³-hybridized carbons (Fsp3) is 0.933. The summed E-state index contributed by atoms with van der Waals surface area (Å²) in [7, 11) is -3.21. The van der Waals surface area contributed by atoms with Crippen LogP contribution in [-0.4, -0.2) is 53.5 Å². The van der Waals surface area contributed by atoms with E-state index < -0.39 is 26.6 Å². The molecular weight excluding hydrogens is 290 g/mol. The Hall–Kier alpha value is -0.620. The Morgan fingerprint density at radius 2 is 1.86 bits per heavy atom. The van der Waals surface area contributed by atoms with E-state index in [1.54, 1.807) is 20.8 Å². The van der Waals surface area contributed by atoms with Gasteiger partial charge in [-0.3, -0.25) is 9.69 Å². The Balaban J connectivity index is 2.10. The molecule has 1 heterocycles. The fourth-order valence-corrected chi connectivity index (χ4v) is 4.71. The molecule has 0 radical (unpaired) electrons. The van der Waals surface area contributed by atoms with Gasteiger partial charge in [0.25, 0.3) is 0 Å². The summed E-state index contributed by atoms with van der Waals surface area (Å²) in [5.41, 5.74) is 0. The van der Waals surface area contributed by atoms with Crippen molar-refractivity contribution in [2.75, 3.05) is 12.3 Å². The summed E-state index contributed by atoms with van der Waals surface area (Å²) in [4.78, 5) is 13.4. The molecular formula is C15H27NO4S. The first kappa shape index (κ1) is 16.7. The van der Waals surface area contributed by atoms with Gasteiger partial charge in [0.05, 0.1) is 10.5 Å². The zero-order valence-corrected chi connectivity index (χ0v) is 14.0. The zero-order valence-electron chi connectivity index (χ0n) is 13.2. The number of carboxylic acid groups (broad SMARTS) is 1. The molecule has 1 N–H and O–H groups in total. The molecule has 0 aromatic heterocycles. The van der Waals surface area contributed by atoms with Crippen LogP contribution in [0.15, 0.2) is 0 Å². The van der Waals surface area contributed by atoms with Gasteiger partial charge in [0, 0.05) is 12.6 Å². The van der Waals surface area contributed by atoms with Crippen LogP contribution in [0.4, 0.5) is 0 Å². The molecule has 1 aliphatic carbocycles. The second-order valence-electron chi connectivity index (χ2n) is 7.37. The maximum atomic E-state index is 12.3. The van der Waals surface area contributed by atoms with Crippen molar-refractivity contribution in [1.82, 2.24) is 4.90 Å². The summed E-state index contributed by atoms with van der Waals surface area (Å²) in [6.07, 6.45) is 5.05. The average molecular weight is 317 g/mol. The largest absolute Gasteiger partial charge is 0.480 e. The standard InChI is InChI=1S/C15H27NO4S/c1-15(2,3)21(19,20)9-8-16-12-7-5-4-6-11(12)10-13(16)14(17)18/h11-13H,4-10H2,1-3H3,(H,17,18). The molecule has 2 aliphatic rings. The number of hydrogen-bond acceptors (Lipinski definition) is 4. The highest BCUT2D eigenvalue weighted by Gasteiger charge is 2.45. The predicted octanol–water partition coefficient (Wildman–Crippen LogP) is 1.92. The fourth-order valence-electron chi connectivity index (χ4n) is 3.65. The van der Waals surface area contributed by atoms with E-state index in [0.717, 1.165) is 19.3 Å². The Bertz CT molecular complexity index is 494. The second kappa shape index (κ2) is 5.88. The van der Waals surface area contributed by atoms with Gasteiger partial charge in [0.1, 0.15) is 6.04 Å². The van der Waals surface area contributed by atoms with E-state index >= 15 is 0 Å². The van der Waals surface area contributed by atoms with Crippen molar-refractivity contribution in [2.24, 2.45) is 5.92 Å². The van der Waals surface area contributed by atoms with Gasteiger partial charge in [-0.1, -0.05) is 12.8 Å². The third-order valence-corrected chi connectivity index (χ3v) is 7.64. The van der Waals surface area contributed by atoms with Crippen LogP contribution >= 0.6 is 0 Å². The predicted molar refractivity (Wildman–Crippen MR) is 82.0 cm³/mol. The first-order valence-electron chi connectivity index (χ1n) is 7.84.